The van der Waals surface area contributed by atoms with Crippen molar-refractivity contribution in [2.45, 2.75) is 65.6 Å². The Morgan fingerprint density at radius 1 is 1.19 bits per heavy atom. The lowest BCUT2D eigenvalue weighted by molar-refractivity contribution is 0.0923. The number of hydrogen-bond acceptors (Lipinski definition) is 3. The van der Waals surface area contributed by atoms with Gasteiger partial charge >= 0.3 is 0 Å². The largest absolute Gasteiger partial charge is 0.347 e. The molecule has 1 aromatic carbocycles. The van der Waals surface area contributed by atoms with Crippen molar-refractivity contribution in [3.05, 3.63) is 52.6 Å². The molecule has 1 aliphatic rings. The van der Waals surface area contributed by atoms with Crippen LogP contribution in [0.25, 0.3) is 0 Å². The van der Waals surface area contributed by atoms with Crippen LogP contribution in [0, 0.1) is 6.92 Å². The highest BCUT2D eigenvalue weighted by molar-refractivity contribution is 5.97. The number of carbonyl (C=O) groups excluding carboxylic acids is 2. The van der Waals surface area contributed by atoms with Crippen LogP contribution < -0.4 is 10.6 Å². The summed E-state index contributed by atoms with van der Waals surface area (Å²) in [6.45, 7) is 7.20. The van der Waals surface area contributed by atoms with Gasteiger partial charge in [-0.3, -0.25) is 9.59 Å². The monoisotopic (exact) mass is 368 g/mol. The lowest BCUT2D eigenvalue weighted by Gasteiger charge is -2.18. The Hall–Kier alpha value is -2.63. The average molecular weight is 368 g/mol. The summed E-state index contributed by atoms with van der Waals surface area (Å²) >= 11 is 0. The molecule has 6 heteroatoms. The fourth-order valence-corrected chi connectivity index (χ4v) is 3.26. The molecule has 2 amide bonds. The van der Waals surface area contributed by atoms with Gasteiger partial charge in [-0.1, -0.05) is 36.8 Å². The third-order valence-electron chi connectivity index (χ3n) is 5.10. The molecule has 0 bridgehead atoms. The average Bonchev–Trinajstić information content (AvgIpc) is 3.07. The zero-order valence-corrected chi connectivity index (χ0v) is 16.3. The quantitative estimate of drug-likeness (QED) is 0.823. The van der Waals surface area contributed by atoms with E-state index in [0.717, 1.165) is 43.5 Å². The van der Waals surface area contributed by atoms with E-state index in [1.54, 1.807) is 0 Å². The zero-order chi connectivity index (χ0) is 19.4. The number of benzene rings is 1. The second-order valence-corrected chi connectivity index (χ2v) is 7.29. The van der Waals surface area contributed by atoms with Gasteiger partial charge in [0.1, 0.15) is 5.69 Å². The molecule has 1 unspecified atom stereocenters. The van der Waals surface area contributed by atoms with Gasteiger partial charge in [-0.15, -0.1) is 0 Å². The molecule has 0 radical (unpaired) electrons. The Bertz CT molecular complexity index is 823. The SMILES string of the molecule is CCC(C)NC(=O)c1nc(C(=O)NCc2ccc(C)cc2)c2n1CCCC2. The lowest BCUT2D eigenvalue weighted by atomic mass is 10.1. The minimum Gasteiger partial charge on any atom is -0.347 e. The van der Waals surface area contributed by atoms with Crippen molar-refractivity contribution in [1.82, 2.24) is 20.2 Å². The number of rotatable bonds is 6. The maximum Gasteiger partial charge on any atom is 0.287 e. The van der Waals surface area contributed by atoms with Gasteiger partial charge in [-0.25, -0.2) is 4.98 Å². The Morgan fingerprint density at radius 2 is 1.93 bits per heavy atom. The minimum atomic E-state index is -0.219. The second-order valence-electron chi connectivity index (χ2n) is 7.29. The maximum absolute atomic E-state index is 12.8. The van der Waals surface area contributed by atoms with Gasteiger partial charge in [-0.05, 0) is 45.1 Å². The minimum absolute atomic E-state index is 0.0767. The highest BCUT2D eigenvalue weighted by Crippen LogP contribution is 2.21. The van der Waals surface area contributed by atoms with Gasteiger partial charge in [0.2, 0.25) is 0 Å². The van der Waals surface area contributed by atoms with Crippen molar-refractivity contribution in [3.8, 4) is 0 Å². The van der Waals surface area contributed by atoms with E-state index in [1.165, 1.54) is 5.56 Å². The van der Waals surface area contributed by atoms with Crippen LogP contribution in [-0.4, -0.2) is 27.4 Å². The number of fused-ring (bicyclic) bond motifs is 1. The summed E-state index contributed by atoms with van der Waals surface area (Å²) in [7, 11) is 0. The van der Waals surface area contributed by atoms with Crippen LogP contribution in [-0.2, 0) is 19.5 Å². The number of nitrogens with one attached hydrogen (secondary N) is 2. The molecule has 0 aliphatic carbocycles. The molecule has 27 heavy (non-hydrogen) atoms. The maximum atomic E-state index is 12.8. The number of aryl methyl sites for hydroxylation is 1. The van der Waals surface area contributed by atoms with Crippen molar-refractivity contribution in [2.75, 3.05) is 0 Å². The molecule has 0 fully saturated rings. The van der Waals surface area contributed by atoms with Gasteiger partial charge < -0.3 is 15.2 Å². The van der Waals surface area contributed by atoms with E-state index < -0.39 is 0 Å². The van der Waals surface area contributed by atoms with E-state index in [2.05, 4.69) is 15.6 Å². The van der Waals surface area contributed by atoms with Crippen LogP contribution in [0.3, 0.4) is 0 Å². The van der Waals surface area contributed by atoms with Crippen molar-refractivity contribution >= 4 is 11.8 Å². The first-order valence-corrected chi connectivity index (χ1v) is 9.73. The molecule has 3 rings (SSSR count). The van der Waals surface area contributed by atoms with Gasteiger partial charge in [0.05, 0.1) is 5.69 Å². The van der Waals surface area contributed by atoms with Crippen LogP contribution in [0.2, 0.25) is 0 Å². The summed E-state index contributed by atoms with van der Waals surface area (Å²) in [4.78, 5) is 29.8. The van der Waals surface area contributed by atoms with Crippen LogP contribution in [0.5, 0.6) is 0 Å². The van der Waals surface area contributed by atoms with E-state index >= 15 is 0 Å². The second kappa shape index (κ2) is 8.37. The molecule has 1 atom stereocenters. The molecule has 0 spiro atoms. The van der Waals surface area contributed by atoms with Crippen molar-refractivity contribution in [3.63, 3.8) is 0 Å². The molecule has 144 valence electrons. The molecule has 2 aromatic rings. The Balaban J connectivity index is 1.79. The predicted octanol–water partition coefficient (Wildman–Crippen LogP) is 2.99. The van der Waals surface area contributed by atoms with Crippen molar-refractivity contribution in [1.29, 1.82) is 0 Å². The topological polar surface area (TPSA) is 76.0 Å². The molecular formula is C21H28N4O2. The first-order valence-electron chi connectivity index (χ1n) is 9.73. The van der Waals surface area contributed by atoms with Gasteiger partial charge in [0.15, 0.2) is 5.82 Å². The molecule has 6 nitrogen and oxygen atoms in total. The van der Waals surface area contributed by atoms with Crippen LogP contribution in [0.4, 0.5) is 0 Å². The first-order chi connectivity index (χ1) is 13.0. The lowest BCUT2D eigenvalue weighted by Crippen LogP contribution is -2.34. The number of imidazole rings is 1. The highest BCUT2D eigenvalue weighted by atomic mass is 16.2. The number of amides is 2. The first kappa shape index (κ1) is 19.1. The normalized spacial score (nSPS) is 14.3. The van der Waals surface area contributed by atoms with Crippen LogP contribution in [0.1, 0.15) is 71.0 Å². The number of aromatic nitrogens is 2. The summed E-state index contributed by atoms with van der Waals surface area (Å²) in [6, 6.07) is 8.13. The molecular weight excluding hydrogens is 340 g/mol. The molecule has 1 aliphatic heterocycles. The van der Waals surface area contributed by atoms with Crippen LogP contribution >= 0.6 is 0 Å². The molecule has 1 aromatic heterocycles. The van der Waals surface area contributed by atoms with Gasteiger partial charge in [0, 0.05) is 19.1 Å². The van der Waals surface area contributed by atoms with E-state index in [4.69, 9.17) is 0 Å². The molecule has 2 heterocycles. The summed E-state index contributed by atoms with van der Waals surface area (Å²) in [5, 5.41) is 5.90. The van der Waals surface area contributed by atoms with E-state index in [1.807, 2.05) is 49.6 Å². The van der Waals surface area contributed by atoms with Gasteiger partial charge in [0.25, 0.3) is 11.8 Å². The van der Waals surface area contributed by atoms with Crippen molar-refractivity contribution < 1.29 is 9.59 Å². The Morgan fingerprint density at radius 3 is 2.63 bits per heavy atom. The summed E-state index contributed by atoms with van der Waals surface area (Å²) in [5.41, 5.74) is 3.48. The number of hydrogen-bond donors (Lipinski definition) is 2. The van der Waals surface area contributed by atoms with Gasteiger partial charge in [-0.2, -0.15) is 0 Å². The standard InChI is InChI=1S/C21H28N4O2/c1-4-15(3)23-21(27)19-24-18(17-7-5-6-12-25(17)19)20(26)22-13-16-10-8-14(2)9-11-16/h8-11,15H,4-7,12-13H2,1-3H3,(H,22,26)(H,23,27). The Kier molecular flexibility index (Phi) is 5.94. The number of carbonyl (C=O) groups is 2. The smallest absolute Gasteiger partial charge is 0.287 e. The summed E-state index contributed by atoms with van der Waals surface area (Å²) < 4.78 is 1.92. The van der Waals surface area contributed by atoms with E-state index in [-0.39, 0.29) is 17.9 Å². The highest BCUT2D eigenvalue weighted by Gasteiger charge is 2.27. The number of nitrogens with zero attached hydrogens (tertiary/aromatic N) is 2. The van der Waals surface area contributed by atoms with E-state index in [9.17, 15) is 9.59 Å². The molecule has 0 saturated carbocycles. The molecule has 2 N–H and O–H groups in total. The van der Waals surface area contributed by atoms with E-state index in [0.29, 0.717) is 18.1 Å². The summed E-state index contributed by atoms with van der Waals surface area (Å²) in [6.07, 6.45) is 3.63. The van der Waals surface area contributed by atoms with Crippen LogP contribution in [0.15, 0.2) is 24.3 Å². The predicted molar refractivity (Wildman–Crippen MR) is 105 cm³/mol. The third-order valence-corrected chi connectivity index (χ3v) is 5.10. The Labute approximate surface area is 160 Å². The van der Waals surface area contributed by atoms with Crippen molar-refractivity contribution in [2.24, 2.45) is 0 Å². The summed E-state index contributed by atoms with van der Waals surface area (Å²) in [5.74, 6) is -0.0700. The third kappa shape index (κ3) is 4.38. The zero-order valence-electron chi connectivity index (χ0n) is 16.3. The fraction of sp³-hybridized carbons (Fsp3) is 0.476. The fourth-order valence-electron chi connectivity index (χ4n) is 3.26. The molecule has 0 saturated heterocycles.